The molecule has 0 radical (unpaired) electrons. The molecule has 0 amide bonds. The van der Waals surface area contributed by atoms with E-state index >= 15 is 0 Å². The van der Waals surface area contributed by atoms with E-state index in [9.17, 15) is 4.79 Å². The molecule has 1 N–H and O–H groups in total. The quantitative estimate of drug-likeness (QED) is 0.819. The van der Waals surface area contributed by atoms with E-state index in [0.717, 1.165) is 11.1 Å². The van der Waals surface area contributed by atoms with Crippen molar-refractivity contribution < 1.29 is 9.63 Å². The van der Waals surface area contributed by atoms with Gasteiger partial charge >= 0.3 is 5.97 Å². The fourth-order valence-corrected chi connectivity index (χ4v) is 2.42. The molecule has 3 nitrogen and oxygen atoms in total. The van der Waals surface area contributed by atoms with Gasteiger partial charge in [0.05, 0.1) is 6.04 Å². The van der Waals surface area contributed by atoms with E-state index in [2.05, 4.69) is 29.7 Å². The zero-order valence-corrected chi connectivity index (χ0v) is 10.0. The molecular weight excluding hydrogens is 226 g/mol. The van der Waals surface area contributed by atoms with Crippen molar-refractivity contribution in [2.75, 3.05) is 0 Å². The smallest absolute Gasteiger partial charge is 0.321 e. The highest BCUT2D eigenvalue weighted by Gasteiger charge is 2.28. The van der Waals surface area contributed by atoms with Crippen LogP contribution in [0.2, 0.25) is 0 Å². The second-order valence-electron chi connectivity index (χ2n) is 4.32. The summed E-state index contributed by atoms with van der Waals surface area (Å²) in [4.78, 5) is 15.9. The number of benzene rings is 2. The highest BCUT2D eigenvalue weighted by molar-refractivity contribution is 5.78. The second kappa shape index (κ2) is 4.27. The van der Waals surface area contributed by atoms with Gasteiger partial charge in [-0.25, -0.2) is 0 Å². The summed E-state index contributed by atoms with van der Waals surface area (Å²) in [6, 6.07) is 16.2. The third-order valence-corrected chi connectivity index (χ3v) is 3.15. The summed E-state index contributed by atoms with van der Waals surface area (Å²) in [5.41, 5.74) is 7.51. The van der Waals surface area contributed by atoms with Crippen molar-refractivity contribution in [3.63, 3.8) is 0 Å². The fraction of sp³-hybridized carbons (Fsp3) is 0.133. The van der Waals surface area contributed by atoms with Crippen molar-refractivity contribution >= 4 is 5.97 Å². The van der Waals surface area contributed by atoms with Crippen molar-refractivity contribution in [1.29, 1.82) is 0 Å². The first-order valence-corrected chi connectivity index (χ1v) is 5.88. The van der Waals surface area contributed by atoms with Gasteiger partial charge in [0, 0.05) is 6.92 Å². The molecule has 0 bridgehead atoms. The van der Waals surface area contributed by atoms with Crippen molar-refractivity contribution in [2.24, 2.45) is 0 Å². The largest absolute Gasteiger partial charge is 0.370 e. The molecule has 0 fully saturated rings. The standard InChI is InChI=1S/C15H13NO2/c1-10(17)18-16-15-13-8-4-2-6-11(13)12-7-3-5-9-14(12)15/h2-9,15-16H,1H3. The van der Waals surface area contributed by atoms with Gasteiger partial charge in [0.1, 0.15) is 0 Å². The zero-order valence-electron chi connectivity index (χ0n) is 10.0. The van der Waals surface area contributed by atoms with Crippen LogP contribution in [0, 0.1) is 0 Å². The van der Waals surface area contributed by atoms with Crippen LogP contribution in [0.1, 0.15) is 24.1 Å². The van der Waals surface area contributed by atoms with E-state index in [1.165, 1.54) is 18.1 Å². The van der Waals surface area contributed by atoms with E-state index in [4.69, 9.17) is 4.84 Å². The Kier molecular flexibility index (Phi) is 2.61. The Morgan fingerprint density at radius 3 is 2.00 bits per heavy atom. The average molecular weight is 239 g/mol. The van der Waals surface area contributed by atoms with Crippen LogP contribution in [0.5, 0.6) is 0 Å². The summed E-state index contributed by atoms with van der Waals surface area (Å²) >= 11 is 0. The van der Waals surface area contributed by atoms with E-state index in [-0.39, 0.29) is 12.0 Å². The fourth-order valence-electron chi connectivity index (χ4n) is 2.42. The molecule has 2 aromatic rings. The number of rotatable bonds is 2. The molecule has 0 saturated heterocycles. The maximum atomic E-state index is 10.9. The van der Waals surface area contributed by atoms with E-state index in [0.29, 0.717) is 0 Å². The van der Waals surface area contributed by atoms with Gasteiger partial charge in [0.15, 0.2) is 0 Å². The normalized spacial score (nSPS) is 12.9. The first kappa shape index (κ1) is 11.0. The Morgan fingerprint density at radius 2 is 1.50 bits per heavy atom. The highest BCUT2D eigenvalue weighted by Crippen LogP contribution is 2.42. The first-order chi connectivity index (χ1) is 8.77. The van der Waals surface area contributed by atoms with Crippen LogP contribution in [-0.4, -0.2) is 5.97 Å². The van der Waals surface area contributed by atoms with Gasteiger partial charge in [-0.2, -0.15) is 0 Å². The molecule has 1 aliphatic rings. The van der Waals surface area contributed by atoms with Crippen molar-refractivity contribution in [2.45, 2.75) is 13.0 Å². The minimum Gasteiger partial charge on any atom is -0.370 e. The van der Waals surface area contributed by atoms with E-state index in [1.807, 2.05) is 24.3 Å². The summed E-state index contributed by atoms with van der Waals surface area (Å²) < 4.78 is 0. The topological polar surface area (TPSA) is 38.3 Å². The molecule has 0 saturated carbocycles. The maximum absolute atomic E-state index is 10.9. The third kappa shape index (κ3) is 1.69. The maximum Gasteiger partial charge on any atom is 0.321 e. The summed E-state index contributed by atoms with van der Waals surface area (Å²) in [6.07, 6.45) is 0. The molecule has 0 unspecified atom stereocenters. The number of hydrogen-bond acceptors (Lipinski definition) is 3. The van der Waals surface area contributed by atoms with Crippen LogP contribution < -0.4 is 5.48 Å². The van der Waals surface area contributed by atoms with Gasteiger partial charge in [-0.05, 0) is 22.3 Å². The van der Waals surface area contributed by atoms with Gasteiger partial charge in [-0.1, -0.05) is 48.5 Å². The third-order valence-electron chi connectivity index (χ3n) is 3.15. The Hall–Kier alpha value is -2.13. The molecule has 0 heterocycles. The lowest BCUT2D eigenvalue weighted by Gasteiger charge is -2.14. The average Bonchev–Trinajstić information content (AvgIpc) is 2.71. The lowest BCUT2D eigenvalue weighted by molar-refractivity contribution is -0.149. The van der Waals surface area contributed by atoms with Crippen molar-refractivity contribution in [1.82, 2.24) is 5.48 Å². The van der Waals surface area contributed by atoms with E-state index in [1.54, 1.807) is 0 Å². The first-order valence-electron chi connectivity index (χ1n) is 5.88. The molecule has 18 heavy (non-hydrogen) atoms. The Labute approximate surface area is 105 Å². The molecule has 0 aromatic heterocycles. The monoisotopic (exact) mass is 239 g/mol. The Morgan fingerprint density at radius 1 is 1.00 bits per heavy atom. The van der Waals surface area contributed by atoms with Gasteiger partial charge in [-0.3, -0.25) is 4.79 Å². The number of nitrogens with one attached hydrogen (secondary N) is 1. The summed E-state index contributed by atoms with van der Waals surface area (Å²) in [6.45, 7) is 1.39. The van der Waals surface area contributed by atoms with Gasteiger partial charge in [-0.15, -0.1) is 5.48 Å². The lowest BCUT2D eigenvalue weighted by atomic mass is 10.1. The summed E-state index contributed by atoms with van der Waals surface area (Å²) in [5, 5.41) is 0. The van der Waals surface area contributed by atoms with Crippen LogP contribution in [0.25, 0.3) is 11.1 Å². The molecule has 0 spiro atoms. The highest BCUT2D eigenvalue weighted by atomic mass is 16.7. The number of carbonyl (C=O) groups excluding carboxylic acids is 1. The van der Waals surface area contributed by atoms with Gasteiger partial charge in [0.25, 0.3) is 0 Å². The minimum absolute atomic E-state index is 0.0821. The number of fused-ring (bicyclic) bond motifs is 3. The molecule has 2 aromatic carbocycles. The predicted molar refractivity (Wildman–Crippen MR) is 68.6 cm³/mol. The minimum atomic E-state index is -0.336. The van der Waals surface area contributed by atoms with Crippen LogP contribution >= 0.6 is 0 Å². The van der Waals surface area contributed by atoms with E-state index < -0.39 is 0 Å². The summed E-state index contributed by atoms with van der Waals surface area (Å²) in [5.74, 6) is -0.336. The number of hydroxylamine groups is 1. The predicted octanol–water partition coefficient (Wildman–Crippen LogP) is 2.82. The molecule has 3 heteroatoms. The second-order valence-corrected chi connectivity index (χ2v) is 4.32. The zero-order chi connectivity index (χ0) is 12.5. The number of carbonyl (C=O) groups is 1. The molecule has 3 rings (SSSR count). The van der Waals surface area contributed by atoms with Crippen molar-refractivity contribution in [3.8, 4) is 11.1 Å². The van der Waals surface area contributed by atoms with Gasteiger partial charge in [0.2, 0.25) is 0 Å². The number of hydrogen-bond donors (Lipinski definition) is 1. The van der Waals surface area contributed by atoms with Crippen LogP contribution in [-0.2, 0) is 9.63 Å². The van der Waals surface area contributed by atoms with Crippen molar-refractivity contribution in [3.05, 3.63) is 59.7 Å². The van der Waals surface area contributed by atoms with Crippen LogP contribution in [0.3, 0.4) is 0 Å². The molecule has 0 aliphatic heterocycles. The van der Waals surface area contributed by atoms with Gasteiger partial charge < -0.3 is 4.84 Å². The van der Waals surface area contributed by atoms with Crippen LogP contribution in [0.4, 0.5) is 0 Å². The molecule has 90 valence electrons. The lowest BCUT2D eigenvalue weighted by Crippen LogP contribution is -2.23. The molecule has 0 atom stereocenters. The summed E-state index contributed by atoms with van der Waals surface area (Å²) in [7, 11) is 0. The molecular formula is C15H13NO2. The Balaban J connectivity index is 2.06. The Bertz CT molecular complexity index is 561. The molecule has 1 aliphatic carbocycles. The van der Waals surface area contributed by atoms with Crippen LogP contribution in [0.15, 0.2) is 48.5 Å². The SMILES string of the molecule is CC(=O)ONC1c2ccccc2-c2ccccc21.